The van der Waals surface area contributed by atoms with Gasteiger partial charge in [-0.25, -0.2) is 0 Å². The molecule has 0 fully saturated rings. The van der Waals surface area contributed by atoms with Gasteiger partial charge in [0, 0.05) is 13.1 Å². The molecule has 1 aromatic rings. The van der Waals surface area contributed by atoms with Gasteiger partial charge >= 0.3 is 0 Å². The molecule has 0 aliphatic heterocycles. The summed E-state index contributed by atoms with van der Waals surface area (Å²) in [7, 11) is 0. The Morgan fingerprint density at radius 2 is 2.11 bits per heavy atom. The second-order valence-corrected chi connectivity index (χ2v) is 5.89. The fourth-order valence-electron chi connectivity index (χ4n) is 2.20. The molecule has 0 amide bonds. The molecule has 0 saturated heterocycles. The number of hydrogen-bond acceptors (Lipinski definition) is 3. The van der Waals surface area contributed by atoms with E-state index >= 15 is 0 Å². The molecule has 2 N–H and O–H groups in total. The van der Waals surface area contributed by atoms with E-state index in [0.29, 0.717) is 6.54 Å². The van der Waals surface area contributed by atoms with Gasteiger partial charge in [0.1, 0.15) is 0 Å². The minimum absolute atomic E-state index is 0.127. The zero-order chi connectivity index (χ0) is 14.3. The molecule has 0 radical (unpaired) electrons. The molecule has 104 valence electrons. The molecule has 0 heterocycles. The highest BCUT2D eigenvalue weighted by Gasteiger charge is 2.19. The van der Waals surface area contributed by atoms with Crippen LogP contribution in [-0.2, 0) is 6.54 Å². The smallest absolute Gasteiger partial charge is 0.0991 e. The lowest BCUT2D eigenvalue weighted by Crippen LogP contribution is -2.38. The van der Waals surface area contributed by atoms with Gasteiger partial charge in [-0.3, -0.25) is 4.90 Å². The third kappa shape index (κ3) is 5.42. The number of nitrogens with two attached hydrogens (primary N) is 1. The minimum Gasteiger partial charge on any atom is -0.330 e. The number of hydrogen-bond donors (Lipinski definition) is 1. The molecular formula is C16H25N3. The van der Waals surface area contributed by atoms with Crippen LogP contribution in [0, 0.1) is 16.7 Å². The van der Waals surface area contributed by atoms with Gasteiger partial charge in [-0.2, -0.15) is 5.26 Å². The standard InChI is InChI=1S/C16H25N3/c1-4-8-19(13-16(2,3)12-18)11-15-7-5-6-14(9-15)10-17/h5-7,9H,4,8,11-13,18H2,1-3H3. The summed E-state index contributed by atoms with van der Waals surface area (Å²) in [5, 5.41) is 8.94. The van der Waals surface area contributed by atoms with Gasteiger partial charge in [-0.15, -0.1) is 0 Å². The van der Waals surface area contributed by atoms with Gasteiger partial charge in [0.05, 0.1) is 11.6 Å². The summed E-state index contributed by atoms with van der Waals surface area (Å²) in [6, 6.07) is 10.0. The largest absolute Gasteiger partial charge is 0.330 e. The van der Waals surface area contributed by atoms with Gasteiger partial charge in [0.15, 0.2) is 0 Å². The van der Waals surface area contributed by atoms with E-state index in [1.807, 2.05) is 18.2 Å². The topological polar surface area (TPSA) is 53.0 Å². The minimum atomic E-state index is 0.127. The molecule has 1 aromatic carbocycles. The first-order valence-corrected chi connectivity index (χ1v) is 6.92. The number of nitrogens with zero attached hydrogens (tertiary/aromatic N) is 2. The van der Waals surface area contributed by atoms with Gasteiger partial charge < -0.3 is 5.73 Å². The highest BCUT2D eigenvalue weighted by Crippen LogP contribution is 2.17. The molecule has 1 rings (SSSR count). The van der Waals surface area contributed by atoms with Crippen molar-refractivity contribution >= 4 is 0 Å². The molecule has 3 nitrogen and oxygen atoms in total. The van der Waals surface area contributed by atoms with Crippen molar-refractivity contribution in [3.63, 3.8) is 0 Å². The quantitative estimate of drug-likeness (QED) is 0.819. The van der Waals surface area contributed by atoms with Crippen LogP contribution in [0.5, 0.6) is 0 Å². The second-order valence-electron chi connectivity index (χ2n) is 5.89. The lowest BCUT2D eigenvalue weighted by Gasteiger charge is -2.31. The maximum atomic E-state index is 8.94. The van der Waals surface area contributed by atoms with Crippen LogP contribution in [0.4, 0.5) is 0 Å². The predicted octanol–water partition coefficient (Wildman–Crippen LogP) is 2.76. The van der Waals surface area contributed by atoms with Crippen molar-refractivity contribution in [2.45, 2.75) is 33.7 Å². The van der Waals surface area contributed by atoms with Crippen molar-refractivity contribution in [1.82, 2.24) is 4.90 Å². The van der Waals surface area contributed by atoms with Crippen molar-refractivity contribution in [3.05, 3.63) is 35.4 Å². The van der Waals surface area contributed by atoms with Crippen LogP contribution in [0.1, 0.15) is 38.3 Å². The lowest BCUT2D eigenvalue weighted by molar-refractivity contribution is 0.176. The van der Waals surface area contributed by atoms with E-state index in [-0.39, 0.29) is 5.41 Å². The highest BCUT2D eigenvalue weighted by molar-refractivity contribution is 5.32. The average Bonchev–Trinajstić information content (AvgIpc) is 2.39. The fraction of sp³-hybridized carbons (Fsp3) is 0.562. The first-order chi connectivity index (χ1) is 9.00. The van der Waals surface area contributed by atoms with Crippen molar-refractivity contribution in [3.8, 4) is 6.07 Å². The van der Waals surface area contributed by atoms with E-state index in [1.165, 1.54) is 5.56 Å². The van der Waals surface area contributed by atoms with Crippen LogP contribution in [0.15, 0.2) is 24.3 Å². The summed E-state index contributed by atoms with van der Waals surface area (Å²) in [6.07, 6.45) is 1.12. The van der Waals surface area contributed by atoms with E-state index in [1.54, 1.807) is 0 Å². The first kappa shape index (κ1) is 15.7. The van der Waals surface area contributed by atoms with Crippen molar-refractivity contribution in [2.24, 2.45) is 11.1 Å². The molecule has 0 aliphatic rings. The van der Waals surface area contributed by atoms with Crippen LogP contribution in [0.3, 0.4) is 0 Å². The normalized spacial score (nSPS) is 11.6. The Balaban J connectivity index is 2.75. The Hall–Kier alpha value is -1.37. The van der Waals surface area contributed by atoms with Crippen LogP contribution in [0.2, 0.25) is 0 Å². The molecular weight excluding hydrogens is 234 g/mol. The van der Waals surface area contributed by atoms with Gasteiger partial charge in [0.25, 0.3) is 0 Å². The van der Waals surface area contributed by atoms with Crippen molar-refractivity contribution in [1.29, 1.82) is 5.26 Å². The average molecular weight is 259 g/mol. The molecule has 0 saturated carbocycles. The summed E-state index contributed by atoms with van der Waals surface area (Å²) in [5.74, 6) is 0. The van der Waals surface area contributed by atoms with E-state index in [4.69, 9.17) is 11.0 Å². The summed E-state index contributed by atoms with van der Waals surface area (Å²) in [5.41, 5.74) is 7.87. The summed E-state index contributed by atoms with van der Waals surface area (Å²) >= 11 is 0. The Morgan fingerprint density at radius 3 is 2.68 bits per heavy atom. The molecule has 0 bridgehead atoms. The maximum Gasteiger partial charge on any atom is 0.0991 e. The summed E-state index contributed by atoms with van der Waals surface area (Å²) in [6.45, 7) is 10.2. The fourth-order valence-corrected chi connectivity index (χ4v) is 2.20. The maximum absolute atomic E-state index is 8.94. The zero-order valence-electron chi connectivity index (χ0n) is 12.3. The molecule has 19 heavy (non-hydrogen) atoms. The summed E-state index contributed by atoms with van der Waals surface area (Å²) in [4.78, 5) is 2.42. The van der Waals surface area contributed by atoms with Crippen molar-refractivity contribution in [2.75, 3.05) is 19.6 Å². The van der Waals surface area contributed by atoms with E-state index in [0.717, 1.165) is 31.6 Å². The van der Waals surface area contributed by atoms with Gasteiger partial charge in [0.2, 0.25) is 0 Å². The third-order valence-corrected chi connectivity index (χ3v) is 3.21. The van der Waals surface area contributed by atoms with Crippen LogP contribution < -0.4 is 5.73 Å². The Labute approximate surface area is 117 Å². The van der Waals surface area contributed by atoms with E-state index in [2.05, 4.69) is 37.8 Å². The third-order valence-electron chi connectivity index (χ3n) is 3.21. The lowest BCUT2D eigenvalue weighted by atomic mass is 9.92. The van der Waals surface area contributed by atoms with Crippen LogP contribution in [0.25, 0.3) is 0 Å². The Kier molecular flexibility index (Phi) is 6.01. The van der Waals surface area contributed by atoms with E-state index in [9.17, 15) is 0 Å². The Morgan fingerprint density at radius 1 is 1.37 bits per heavy atom. The van der Waals surface area contributed by atoms with E-state index < -0.39 is 0 Å². The predicted molar refractivity (Wildman–Crippen MR) is 79.6 cm³/mol. The monoisotopic (exact) mass is 259 g/mol. The number of rotatable bonds is 7. The number of benzene rings is 1. The second kappa shape index (κ2) is 7.28. The van der Waals surface area contributed by atoms with Crippen molar-refractivity contribution < 1.29 is 0 Å². The Bertz CT molecular complexity index is 432. The molecule has 0 atom stereocenters. The van der Waals surface area contributed by atoms with Crippen LogP contribution in [-0.4, -0.2) is 24.5 Å². The molecule has 0 aromatic heterocycles. The molecule has 3 heteroatoms. The number of nitriles is 1. The molecule has 0 aliphatic carbocycles. The van der Waals surface area contributed by atoms with Gasteiger partial charge in [-0.1, -0.05) is 32.9 Å². The highest BCUT2D eigenvalue weighted by atomic mass is 15.1. The SMILES string of the molecule is CCCN(Cc1cccc(C#N)c1)CC(C)(C)CN. The molecule has 0 spiro atoms. The van der Waals surface area contributed by atoms with Gasteiger partial charge in [-0.05, 0) is 42.6 Å². The molecule has 0 unspecified atom stereocenters. The first-order valence-electron chi connectivity index (χ1n) is 6.92. The summed E-state index contributed by atoms with van der Waals surface area (Å²) < 4.78 is 0. The zero-order valence-corrected chi connectivity index (χ0v) is 12.3. The van der Waals surface area contributed by atoms with Crippen LogP contribution >= 0.6 is 0 Å².